The van der Waals surface area contributed by atoms with Crippen LogP contribution in [-0.4, -0.2) is 5.85 Å². The monoisotopic (exact) mass is 166 g/mol. The average Bonchev–Trinajstić information content (AvgIpc) is 2.31. The van der Waals surface area contributed by atoms with Gasteiger partial charge in [0.1, 0.15) is 11.6 Å². The molecule has 11 heavy (non-hydrogen) atoms. The van der Waals surface area contributed by atoms with Crippen LogP contribution in [0.5, 0.6) is 5.75 Å². The van der Waals surface area contributed by atoms with Crippen molar-refractivity contribution in [3.63, 3.8) is 0 Å². The van der Waals surface area contributed by atoms with Gasteiger partial charge >= 0.3 is 0 Å². The highest BCUT2D eigenvalue weighted by molar-refractivity contribution is 7.48. The number of hydrogen-bond donors (Lipinski definition) is 0. The summed E-state index contributed by atoms with van der Waals surface area (Å²) in [5, 5.41) is 1.42. The molecule has 1 heterocycles. The highest BCUT2D eigenvalue weighted by Gasteiger charge is 2.19. The quantitative estimate of drug-likeness (QED) is 0.536. The molecule has 0 N–H and O–H groups in total. The van der Waals surface area contributed by atoms with E-state index in [1.54, 1.807) is 0 Å². The Morgan fingerprint density at radius 2 is 2.27 bits per heavy atom. The zero-order valence-electron chi connectivity index (χ0n) is 6.72. The summed E-state index contributed by atoms with van der Waals surface area (Å²) < 4.78 is 5.60. The van der Waals surface area contributed by atoms with Crippen LogP contribution in [0.4, 0.5) is 0 Å². The fourth-order valence-corrected chi connectivity index (χ4v) is 2.54. The molecule has 0 saturated carbocycles. The minimum absolute atomic E-state index is 0.395. The molecule has 1 aromatic carbocycles. The molecule has 0 aromatic heterocycles. The molecule has 1 aliphatic rings. The summed E-state index contributed by atoms with van der Waals surface area (Å²) in [5.74, 6) is 1.49. The highest BCUT2D eigenvalue weighted by Crippen LogP contribution is 2.34. The van der Waals surface area contributed by atoms with Gasteiger partial charge in [-0.05, 0) is 34.1 Å². The summed E-state index contributed by atoms with van der Waals surface area (Å²) in [6.45, 7) is 4.27. The van der Waals surface area contributed by atoms with Crippen LogP contribution in [-0.2, 0) is 0 Å². The normalized spacial score (nSPS) is 23.3. The third-order valence-corrected chi connectivity index (χ3v) is 3.34. The number of ether oxygens (including phenoxy) is 1. The summed E-state index contributed by atoms with van der Waals surface area (Å²) in [6, 6.07) is 6.25. The average molecular weight is 166 g/mol. The zero-order valence-corrected chi connectivity index (χ0v) is 7.72. The molecule has 2 rings (SSSR count). The van der Waals surface area contributed by atoms with Gasteiger partial charge in [0.25, 0.3) is 0 Å². The summed E-state index contributed by atoms with van der Waals surface area (Å²) in [7, 11) is 0.830. The second kappa shape index (κ2) is 2.49. The van der Waals surface area contributed by atoms with Crippen molar-refractivity contribution in [3.8, 4) is 5.75 Å². The van der Waals surface area contributed by atoms with E-state index in [9.17, 15) is 0 Å². The van der Waals surface area contributed by atoms with Crippen LogP contribution in [0.3, 0.4) is 0 Å². The molecule has 2 atom stereocenters. The Morgan fingerprint density at radius 3 is 3.00 bits per heavy atom. The van der Waals surface area contributed by atoms with Gasteiger partial charge in [-0.2, -0.15) is 0 Å². The number of benzene rings is 1. The number of hydrogen-bond acceptors (Lipinski definition) is 1. The van der Waals surface area contributed by atoms with Gasteiger partial charge in [0.2, 0.25) is 0 Å². The predicted molar refractivity (Wildman–Crippen MR) is 49.2 cm³/mol. The van der Waals surface area contributed by atoms with Gasteiger partial charge in [-0.25, -0.2) is 0 Å². The van der Waals surface area contributed by atoms with Crippen molar-refractivity contribution in [1.29, 1.82) is 0 Å². The molecule has 1 aliphatic heterocycles. The number of aryl methyl sites for hydroxylation is 1. The Morgan fingerprint density at radius 1 is 1.45 bits per heavy atom. The molecular weight excluding hydrogens is 155 g/mol. The molecular formula is C9H11OP. The van der Waals surface area contributed by atoms with Crippen molar-refractivity contribution in [1.82, 2.24) is 0 Å². The zero-order chi connectivity index (χ0) is 7.84. The molecule has 0 spiro atoms. The van der Waals surface area contributed by atoms with E-state index in [4.69, 9.17) is 4.74 Å². The largest absolute Gasteiger partial charge is 0.486 e. The van der Waals surface area contributed by atoms with Crippen LogP contribution in [0.15, 0.2) is 18.2 Å². The minimum Gasteiger partial charge on any atom is -0.486 e. The highest BCUT2D eigenvalue weighted by atomic mass is 31.1. The van der Waals surface area contributed by atoms with Crippen LogP contribution in [0.2, 0.25) is 0 Å². The second-order valence-corrected chi connectivity index (χ2v) is 4.45. The van der Waals surface area contributed by atoms with E-state index in [0.29, 0.717) is 5.85 Å². The van der Waals surface area contributed by atoms with Crippen LogP contribution in [0, 0.1) is 6.92 Å². The smallest absolute Gasteiger partial charge is 0.128 e. The maximum Gasteiger partial charge on any atom is 0.128 e. The molecule has 2 unspecified atom stereocenters. The number of rotatable bonds is 0. The van der Waals surface area contributed by atoms with E-state index in [-0.39, 0.29) is 0 Å². The van der Waals surface area contributed by atoms with Crippen molar-refractivity contribution < 1.29 is 4.74 Å². The molecule has 2 heteroatoms. The Balaban J connectivity index is 2.49. The van der Waals surface area contributed by atoms with Crippen molar-refractivity contribution in [2.24, 2.45) is 0 Å². The molecule has 0 fully saturated rings. The van der Waals surface area contributed by atoms with E-state index < -0.39 is 0 Å². The topological polar surface area (TPSA) is 9.23 Å². The molecule has 0 bridgehead atoms. The lowest BCUT2D eigenvalue weighted by Crippen LogP contribution is -1.97. The molecule has 0 radical (unpaired) electrons. The van der Waals surface area contributed by atoms with Crippen LogP contribution < -0.4 is 10.0 Å². The third-order valence-electron chi connectivity index (χ3n) is 1.89. The van der Waals surface area contributed by atoms with Gasteiger partial charge in [0, 0.05) is 5.30 Å². The van der Waals surface area contributed by atoms with Gasteiger partial charge in [-0.1, -0.05) is 12.1 Å². The van der Waals surface area contributed by atoms with Crippen molar-refractivity contribution >= 4 is 13.9 Å². The lowest BCUT2D eigenvalue weighted by molar-refractivity contribution is 0.317. The van der Waals surface area contributed by atoms with Gasteiger partial charge in [0.05, 0.1) is 0 Å². The lowest BCUT2D eigenvalue weighted by atomic mass is 10.2. The van der Waals surface area contributed by atoms with Crippen LogP contribution >= 0.6 is 8.58 Å². The maximum atomic E-state index is 5.60. The predicted octanol–water partition coefficient (Wildman–Crippen LogP) is 2.04. The Hall–Kier alpha value is -0.550. The van der Waals surface area contributed by atoms with Gasteiger partial charge in [-0.15, -0.1) is 0 Å². The van der Waals surface area contributed by atoms with Crippen molar-refractivity contribution in [2.45, 2.75) is 19.7 Å². The van der Waals surface area contributed by atoms with Crippen LogP contribution in [0.1, 0.15) is 12.5 Å². The summed E-state index contributed by atoms with van der Waals surface area (Å²) in [5.41, 5.74) is 1.37. The first-order valence-corrected chi connectivity index (χ1v) is 4.88. The summed E-state index contributed by atoms with van der Waals surface area (Å²) in [6.07, 6.45) is 0. The van der Waals surface area contributed by atoms with E-state index in [2.05, 4.69) is 32.0 Å². The first kappa shape index (κ1) is 7.12. The van der Waals surface area contributed by atoms with E-state index in [0.717, 1.165) is 14.3 Å². The maximum absolute atomic E-state index is 5.60. The molecule has 58 valence electrons. The fourth-order valence-electron chi connectivity index (χ4n) is 1.35. The molecule has 0 amide bonds. The first-order chi connectivity index (χ1) is 5.27. The SMILES string of the molecule is Cc1cccc2c1PC(C)O2. The Labute approximate surface area is 68.5 Å². The fraction of sp³-hybridized carbons (Fsp3) is 0.333. The van der Waals surface area contributed by atoms with Crippen LogP contribution in [0.25, 0.3) is 0 Å². The third kappa shape index (κ3) is 1.14. The molecule has 0 aliphatic carbocycles. The Kier molecular flexibility index (Phi) is 1.61. The van der Waals surface area contributed by atoms with Gasteiger partial charge in [0.15, 0.2) is 0 Å². The Bertz CT molecular complexity index is 283. The first-order valence-electron chi connectivity index (χ1n) is 3.80. The molecule has 0 saturated heterocycles. The number of fused-ring (bicyclic) bond motifs is 1. The standard InChI is InChI=1S/C9H11OP/c1-6-4-3-5-8-9(6)11-7(2)10-8/h3-5,7,11H,1-2H3. The van der Waals surface area contributed by atoms with E-state index in [1.165, 1.54) is 10.9 Å². The molecule has 1 aromatic rings. The lowest BCUT2D eigenvalue weighted by Gasteiger charge is -2.00. The van der Waals surface area contributed by atoms with E-state index in [1.807, 2.05) is 0 Å². The van der Waals surface area contributed by atoms with Gasteiger partial charge in [-0.3, -0.25) is 0 Å². The van der Waals surface area contributed by atoms with Crippen molar-refractivity contribution in [3.05, 3.63) is 23.8 Å². The van der Waals surface area contributed by atoms with Gasteiger partial charge < -0.3 is 4.74 Å². The molecule has 1 nitrogen and oxygen atoms in total. The summed E-state index contributed by atoms with van der Waals surface area (Å²) in [4.78, 5) is 0. The van der Waals surface area contributed by atoms with Crippen molar-refractivity contribution in [2.75, 3.05) is 0 Å². The summed E-state index contributed by atoms with van der Waals surface area (Å²) >= 11 is 0. The minimum atomic E-state index is 0.395. The second-order valence-electron chi connectivity index (χ2n) is 2.85. The van der Waals surface area contributed by atoms with E-state index >= 15 is 0 Å².